The van der Waals surface area contributed by atoms with E-state index < -0.39 is 11.7 Å². The van der Waals surface area contributed by atoms with Gasteiger partial charge in [0.05, 0.1) is 12.6 Å². The van der Waals surface area contributed by atoms with Gasteiger partial charge in [-0.15, -0.1) is 0 Å². The van der Waals surface area contributed by atoms with E-state index in [1.165, 1.54) is 0 Å². The summed E-state index contributed by atoms with van der Waals surface area (Å²) in [5.41, 5.74) is 0.480. The van der Waals surface area contributed by atoms with E-state index in [2.05, 4.69) is 10.3 Å². The molecule has 1 aliphatic carbocycles. The lowest BCUT2D eigenvalue weighted by Gasteiger charge is -2.36. The Bertz CT molecular complexity index is 446. The predicted octanol–water partition coefficient (Wildman–Crippen LogP) is 2.16. The highest BCUT2D eigenvalue weighted by Crippen LogP contribution is 2.35. The molecule has 4 nitrogen and oxygen atoms in total. The van der Waals surface area contributed by atoms with Crippen LogP contribution in [0, 0.1) is 0 Å². The summed E-state index contributed by atoms with van der Waals surface area (Å²) >= 11 is 0. The number of nitrogens with zero attached hydrogens (tertiary/aromatic N) is 1. The molecule has 2 N–H and O–H groups in total. The van der Waals surface area contributed by atoms with Crippen LogP contribution in [0.2, 0.25) is 0 Å². The molecule has 1 aromatic rings. The molecule has 1 fully saturated rings. The van der Waals surface area contributed by atoms with Gasteiger partial charge in [-0.1, -0.05) is 24.6 Å². The molecule has 0 bridgehead atoms. The van der Waals surface area contributed by atoms with E-state index in [0.717, 1.165) is 31.4 Å². The molecular formula is C14H18N2O2. The number of amidine groups is 1. The minimum Gasteiger partial charge on any atom is -0.454 e. The minimum absolute atomic E-state index is 0.398. The molecule has 1 saturated carbocycles. The Hall–Kier alpha value is -1.55. The normalized spacial score (nSPS) is 30.9. The Balaban J connectivity index is 1.67. The standard InChI is InChI=1S/C14H18N2O2/c17-12-8-4-5-9-14(12)10-15-13(18-14)16-11-6-2-1-3-7-11/h1-3,6-7,12,17H,4-5,8-10H2,(H,15,16)/t12-,14+/m0/s1. The monoisotopic (exact) mass is 246 g/mol. The van der Waals surface area contributed by atoms with Crippen molar-refractivity contribution in [3.8, 4) is 0 Å². The van der Waals surface area contributed by atoms with Crippen molar-refractivity contribution in [2.45, 2.75) is 37.4 Å². The number of hydrogen-bond acceptors (Lipinski definition) is 4. The van der Waals surface area contributed by atoms with Crippen LogP contribution in [0.4, 0.5) is 5.69 Å². The van der Waals surface area contributed by atoms with Crippen molar-refractivity contribution in [2.24, 2.45) is 4.99 Å². The second kappa shape index (κ2) is 4.61. The summed E-state index contributed by atoms with van der Waals surface area (Å²) in [6, 6.07) is 10.4. The van der Waals surface area contributed by atoms with Gasteiger partial charge in [0.15, 0.2) is 5.60 Å². The first-order valence-electron chi connectivity index (χ1n) is 6.52. The Morgan fingerprint density at radius 2 is 2.11 bits per heavy atom. The maximum Gasteiger partial charge on any atom is 0.290 e. The molecule has 0 aromatic heterocycles. The van der Waals surface area contributed by atoms with Gasteiger partial charge in [0.2, 0.25) is 0 Å². The third kappa shape index (κ3) is 2.08. The fourth-order valence-electron chi connectivity index (χ4n) is 2.67. The van der Waals surface area contributed by atoms with Gasteiger partial charge in [0, 0.05) is 5.69 Å². The number of aliphatic hydroxyl groups is 1. The highest BCUT2D eigenvalue weighted by Gasteiger charge is 2.46. The van der Waals surface area contributed by atoms with E-state index >= 15 is 0 Å². The van der Waals surface area contributed by atoms with E-state index in [-0.39, 0.29) is 0 Å². The number of para-hydroxylation sites is 1. The summed E-state index contributed by atoms with van der Waals surface area (Å²) in [7, 11) is 0. The molecular weight excluding hydrogens is 228 g/mol. The van der Waals surface area contributed by atoms with Gasteiger partial charge in [0.1, 0.15) is 0 Å². The zero-order chi connectivity index (χ0) is 12.4. The number of anilines is 1. The molecule has 0 amide bonds. The van der Waals surface area contributed by atoms with Gasteiger partial charge in [-0.3, -0.25) is 0 Å². The van der Waals surface area contributed by atoms with Gasteiger partial charge in [-0.2, -0.15) is 0 Å². The molecule has 4 heteroatoms. The molecule has 1 spiro atoms. The van der Waals surface area contributed by atoms with Crippen molar-refractivity contribution >= 4 is 11.7 Å². The Labute approximate surface area is 107 Å². The van der Waals surface area contributed by atoms with Crippen molar-refractivity contribution in [1.82, 2.24) is 0 Å². The second-order valence-corrected chi connectivity index (χ2v) is 5.04. The zero-order valence-corrected chi connectivity index (χ0v) is 10.3. The lowest BCUT2D eigenvalue weighted by atomic mass is 9.82. The smallest absolute Gasteiger partial charge is 0.290 e. The van der Waals surface area contributed by atoms with Crippen LogP contribution in [-0.4, -0.2) is 29.4 Å². The zero-order valence-electron chi connectivity index (χ0n) is 10.3. The van der Waals surface area contributed by atoms with Crippen molar-refractivity contribution in [3.05, 3.63) is 30.3 Å². The van der Waals surface area contributed by atoms with Gasteiger partial charge < -0.3 is 15.2 Å². The average Bonchev–Trinajstić information content (AvgIpc) is 2.79. The van der Waals surface area contributed by atoms with Crippen LogP contribution in [0.5, 0.6) is 0 Å². The molecule has 0 radical (unpaired) electrons. The maximum atomic E-state index is 10.1. The largest absolute Gasteiger partial charge is 0.454 e. The number of rotatable bonds is 1. The van der Waals surface area contributed by atoms with Gasteiger partial charge in [-0.05, 0) is 31.4 Å². The van der Waals surface area contributed by atoms with Gasteiger partial charge in [0.25, 0.3) is 6.02 Å². The fraction of sp³-hybridized carbons (Fsp3) is 0.500. The van der Waals surface area contributed by atoms with Gasteiger partial charge >= 0.3 is 0 Å². The highest BCUT2D eigenvalue weighted by atomic mass is 16.5. The molecule has 2 aliphatic rings. The summed E-state index contributed by atoms with van der Waals surface area (Å²) in [5, 5.41) is 13.3. The van der Waals surface area contributed by atoms with E-state index in [1.807, 2.05) is 30.3 Å². The third-order valence-electron chi connectivity index (χ3n) is 3.75. The highest BCUT2D eigenvalue weighted by molar-refractivity contribution is 5.90. The molecule has 0 unspecified atom stereocenters. The van der Waals surface area contributed by atoms with E-state index in [9.17, 15) is 5.11 Å². The molecule has 2 atom stereocenters. The maximum absolute atomic E-state index is 10.1. The van der Waals surface area contributed by atoms with Crippen LogP contribution < -0.4 is 5.32 Å². The molecule has 0 saturated heterocycles. The van der Waals surface area contributed by atoms with E-state index in [1.54, 1.807) is 0 Å². The number of aliphatic hydroxyl groups excluding tert-OH is 1. The first kappa shape index (κ1) is 11.5. The number of hydrogen-bond donors (Lipinski definition) is 2. The van der Waals surface area contributed by atoms with Crippen molar-refractivity contribution in [1.29, 1.82) is 0 Å². The Morgan fingerprint density at radius 1 is 1.28 bits per heavy atom. The number of ether oxygens (including phenoxy) is 1. The van der Waals surface area contributed by atoms with Crippen LogP contribution in [0.1, 0.15) is 25.7 Å². The topological polar surface area (TPSA) is 53.9 Å². The number of nitrogens with one attached hydrogen (secondary N) is 1. The average molecular weight is 246 g/mol. The fourth-order valence-corrected chi connectivity index (χ4v) is 2.67. The second-order valence-electron chi connectivity index (χ2n) is 5.04. The summed E-state index contributed by atoms with van der Waals surface area (Å²) in [5.74, 6) is 0. The van der Waals surface area contributed by atoms with Crippen LogP contribution in [0.15, 0.2) is 35.3 Å². The third-order valence-corrected chi connectivity index (χ3v) is 3.75. The molecule has 96 valence electrons. The summed E-state index contributed by atoms with van der Waals surface area (Å²) in [6.45, 7) is 0.559. The van der Waals surface area contributed by atoms with Gasteiger partial charge in [-0.25, -0.2) is 4.99 Å². The summed E-state index contributed by atoms with van der Waals surface area (Å²) in [4.78, 5) is 4.38. The minimum atomic E-state index is -0.477. The summed E-state index contributed by atoms with van der Waals surface area (Å²) < 4.78 is 5.89. The SMILES string of the molecule is O[C@H]1CCCC[C@@]12CN=C(Nc1ccccc1)O2. The number of benzene rings is 1. The molecule has 1 aromatic carbocycles. The van der Waals surface area contributed by atoms with Crippen LogP contribution in [0.3, 0.4) is 0 Å². The van der Waals surface area contributed by atoms with Crippen LogP contribution in [-0.2, 0) is 4.74 Å². The lowest BCUT2D eigenvalue weighted by Crippen LogP contribution is -2.48. The molecule has 1 aliphatic heterocycles. The first-order chi connectivity index (χ1) is 8.78. The molecule has 1 heterocycles. The lowest BCUT2D eigenvalue weighted by molar-refractivity contribution is -0.0702. The van der Waals surface area contributed by atoms with Crippen LogP contribution in [0.25, 0.3) is 0 Å². The predicted molar refractivity (Wildman–Crippen MR) is 70.7 cm³/mol. The van der Waals surface area contributed by atoms with Crippen molar-refractivity contribution in [2.75, 3.05) is 11.9 Å². The summed E-state index contributed by atoms with van der Waals surface area (Å²) in [6.07, 6.45) is 3.48. The van der Waals surface area contributed by atoms with Crippen molar-refractivity contribution in [3.63, 3.8) is 0 Å². The number of aliphatic imine (C=N–C) groups is 1. The van der Waals surface area contributed by atoms with E-state index in [4.69, 9.17) is 4.74 Å². The van der Waals surface area contributed by atoms with Crippen LogP contribution >= 0.6 is 0 Å². The molecule has 3 rings (SSSR count). The first-order valence-corrected chi connectivity index (χ1v) is 6.52. The van der Waals surface area contributed by atoms with Crippen molar-refractivity contribution < 1.29 is 9.84 Å². The Kier molecular flexibility index (Phi) is 2.96. The Morgan fingerprint density at radius 3 is 2.89 bits per heavy atom. The quantitative estimate of drug-likeness (QED) is 0.798. The van der Waals surface area contributed by atoms with E-state index in [0.29, 0.717) is 12.6 Å². The molecule has 18 heavy (non-hydrogen) atoms.